The number of amides is 2. The fourth-order valence-corrected chi connectivity index (χ4v) is 7.34. The smallest absolute Gasteiger partial charge is 0.264 e. The molecule has 0 spiro atoms. The van der Waals surface area contributed by atoms with E-state index in [1.165, 1.54) is 10.4 Å². The van der Waals surface area contributed by atoms with Crippen LogP contribution in [0.3, 0.4) is 0 Å². The fourth-order valence-electron chi connectivity index (χ4n) is 5.72. The maximum atomic E-state index is 13.5. The number of benzene rings is 4. The summed E-state index contributed by atoms with van der Waals surface area (Å²) in [6, 6.07) is 24.7. The second-order valence-corrected chi connectivity index (χ2v) is 12.7. The maximum absolute atomic E-state index is 13.5. The molecule has 0 bridgehead atoms. The Morgan fingerprint density at radius 3 is 2.41 bits per heavy atom. The van der Waals surface area contributed by atoms with Gasteiger partial charge in [0.1, 0.15) is 11.5 Å². The Morgan fingerprint density at radius 1 is 0.864 bits per heavy atom. The topological polar surface area (TPSA) is 105 Å². The number of sulfonamides is 1. The van der Waals surface area contributed by atoms with Crippen molar-refractivity contribution in [2.24, 2.45) is 0 Å². The molecular weight excluding hydrogens is 578 g/mol. The van der Waals surface area contributed by atoms with Gasteiger partial charge in [-0.25, -0.2) is 8.42 Å². The van der Waals surface area contributed by atoms with Gasteiger partial charge in [0.25, 0.3) is 21.8 Å². The van der Waals surface area contributed by atoms with Gasteiger partial charge < -0.3 is 19.7 Å². The second kappa shape index (κ2) is 12.0. The van der Waals surface area contributed by atoms with Crippen molar-refractivity contribution >= 4 is 38.9 Å². The standard InChI is InChI=1S/C34H33N3O6S/c1-23-20-29(44(40,41)37-18-5-7-24-6-3-4-8-30(24)37)15-16-32(23)43-22-33(38)35-27-12-9-25-17-19-36(31(25)21-27)34(39)26-10-13-28(42-2)14-11-26/h3-4,6,8-16,20-21H,5,7,17-19,22H2,1-2H3,(H,35,38). The number of para-hydroxylation sites is 1. The van der Waals surface area contributed by atoms with E-state index in [1.807, 2.05) is 36.4 Å². The van der Waals surface area contributed by atoms with Crippen LogP contribution in [0.25, 0.3) is 0 Å². The molecule has 0 fully saturated rings. The lowest BCUT2D eigenvalue weighted by Gasteiger charge is -2.30. The van der Waals surface area contributed by atoms with E-state index in [-0.39, 0.29) is 23.3 Å². The van der Waals surface area contributed by atoms with Gasteiger partial charge in [-0.2, -0.15) is 0 Å². The third kappa shape index (κ3) is 5.72. The first-order valence-electron chi connectivity index (χ1n) is 14.5. The Hall–Kier alpha value is -4.83. The quantitative estimate of drug-likeness (QED) is 0.288. The zero-order valence-electron chi connectivity index (χ0n) is 24.6. The molecule has 0 radical (unpaired) electrons. The van der Waals surface area contributed by atoms with Crippen LogP contribution in [-0.4, -0.2) is 47.0 Å². The van der Waals surface area contributed by atoms with Gasteiger partial charge in [-0.05, 0) is 104 Å². The molecule has 9 nitrogen and oxygen atoms in total. The van der Waals surface area contributed by atoms with E-state index in [0.29, 0.717) is 47.1 Å². The molecule has 0 atom stereocenters. The van der Waals surface area contributed by atoms with Crippen molar-refractivity contribution in [2.45, 2.75) is 31.1 Å². The lowest BCUT2D eigenvalue weighted by Crippen LogP contribution is -2.35. The van der Waals surface area contributed by atoms with E-state index in [4.69, 9.17) is 9.47 Å². The van der Waals surface area contributed by atoms with E-state index in [1.54, 1.807) is 61.4 Å². The first-order valence-corrected chi connectivity index (χ1v) is 15.9. The molecule has 4 aromatic rings. The zero-order valence-corrected chi connectivity index (χ0v) is 25.4. The Bertz CT molecular complexity index is 1840. The number of carbonyl (C=O) groups is 2. The number of aryl methyl sites for hydroxylation is 2. The van der Waals surface area contributed by atoms with Crippen LogP contribution in [0.4, 0.5) is 17.1 Å². The van der Waals surface area contributed by atoms with E-state index in [2.05, 4.69) is 5.32 Å². The minimum Gasteiger partial charge on any atom is -0.497 e. The van der Waals surface area contributed by atoms with Crippen LogP contribution in [0.15, 0.2) is 89.8 Å². The highest BCUT2D eigenvalue weighted by Gasteiger charge is 2.30. The summed E-state index contributed by atoms with van der Waals surface area (Å²) in [6.07, 6.45) is 2.33. The van der Waals surface area contributed by atoms with Crippen molar-refractivity contribution in [3.05, 3.63) is 107 Å². The highest BCUT2D eigenvalue weighted by molar-refractivity contribution is 7.92. The van der Waals surface area contributed by atoms with Crippen LogP contribution in [0, 0.1) is 6.92 Å². The van der Waals surface area contributed by atoms with Crippen molar-refractivity contribution in [2.75, 3.05) is 41.3 Å². The molecule has 2 heterocycles. The number of hydrogen-bond donors (Lipinski definition) is 1. The normalized spacial score (nSPS) is 14.0. The van der Waals surface area contributed by atoms with Crippen LogP contribution < -0.4 is 24.0 Å². The number of hydrogen-bond acceptors (Lipinski definition) is 6. The lowest BCUT2D eigenvalue weighted by atomic mass is 10.0. The van der Waals surface area contributed by atoms with Gasteiger partial charge in [-0.15, -0.1) is 0 Å². The molecule has 0 saturated carbocycles. The molecule has 10 heteroatoms. The van der Waals surface area contributed by atoms with Gasteiger partial charge in [-0.1, -0.05) is 24.3 Å². The molecule has 44 heavy (non-hydrogen) atoms. The maximum Gasteiger partial charge on any atom is 0.264 e. The zero-order chi connectivity index (χ0) is 30.8. The van der Waals surface area contributed by atoms with E-state index >= 15 is 0 Å². The summed E-state index contributed by atoms with van der Waals surface area (Å²) in [7, 11) is -2.18. The van der Waals surface area contributed by atoms with Gasteiger partial charge in [-0.3, -0.25) is 13.9 Å². The highest BCUT2D eigenvalue weighted by atomic mass is 32.2. The Morgan fingerprint density at radius 2 is 1.64 bits per heavy atom. The van der Waals surface area contributed by atoms with E-state index < -0.39 is 10.0 Å². The number of anilines is 3. The minimum atomic E-state index is -3.76. The third-order valence-corrected chi connectivity index (χ3v) is 9.82. The van der Waals surface area contributed by atoms with Crippen molar-refractivity contribution in [1.82, 2.24) is 0 Å². The molecule has 6 rings (SSSR count). The van der Waals surface area contributed by atoms with E-state index in [0.717, 1.165) is 36.1 Å². The molecule has 2 aliphatic heterocycles. The van der Waals surface area contributed by atoms with Gasteiger partial charge in [0.05, 0.1) is 17.7 Å². The highest BCUT2D eigenvalue weighted by Crippen LogP contribution is 2.34. The summed E-state index contributed by atoms with van der Waals surface area (Å²) in [6.45, 7) is 2.46. The van der Waals surface area contributed by atoms with Gasteiger partial charge in [0.2, 0.25) is 0 Å². The summed E-state index contributed by atoms with van der Waals surface area (Å²) < 4.78 is 39.5. The van der Waals surface area contributed by atoms with Crippen molar-refractivity contribution in [3.8, 4) is 11.5 Å². The van der Waals surface area contributed by atoms with Crippen LogP contribution >= 0.6 is 0 Å². The molecule has 226 valence electrons. The van der Waals surface area contributed by atoms with Crippen molar-refractivity contribution in [3.63, 3.8) is 0 Å². The Kier molecular flexibility index (Phi) is 8.01. The summed E-state index contributed by atoms with van der Waals surface area (Å²) >= 11 is 0. The van der Waals surface area contributed by atoms with Gasteiger partial charge in [0, 0.05) is 30.0 Å². The van der Waals surface area contributed by atoms with Crippen LogP contribution in [0.1, 0.15) is 33.5 Å². The van der Waals surface area contributed by atoms with Crippen LogP contribution in [0.2, 0.25) is 0 Å². The van der Waals surface area contributed by atoms with Crippen molar-refractivity contribution < 1.29 is 27.5 Å². The molecule has 1 N–H and O–H groups in total. The minimum absolute atomic E-state index is 0.122. The Labute approximate surface area is 257 Å². The number of carbonyl (C=O) groups excluding carboxylic acids is 2. The number of fused-ring (bicyclic) bond motifs is 2. The second-order valence-electron chi connectivity index (χ2n) is 10.9. The summed E-state index contributed by atoms with van der Waals surface area (Å²) in [5, 5.41) is 2.84. The van der Waals surface area contributed by atoms with Gasteiger partial charge in [0.15, 0.2) is 6.61 Å². The summed E-state index contributed by atoms with van der Waals surface area (Å²) in [5.74, 6) is 0.597. The lowest BCUT2D eigenvalue weighted by molar-refractivity contribution is -0.118. The monoisotopic (exact) mass is 611 g/mol. The molecule has 0 aliphatic carbocycles. The number of nitrogens with zero attached hydrogens (tertiary/aromatic N) is 2. The largest absolute Gasteiger partial charge is 0.497 e. The van der Waals surface area contributed by atoms with Gasteiger partial charge >= 0.3 is 0 Å². The average molecular weight is 612 g/mol. The number of methoxy groups -OCH3 is 1. The SMILES string of the molecule is COc1ccc(C(=O)N2CCc3ccc(NC(=O)COc4ccc(S(=O)(=O)N5CCCc6ccccc65)cc4C)cc32)cc1. The summed E-state index contributed by atoms with van der Waals surface area (Å²) in [5.41, 5.74) is 5.23. The molecule has 2 amide bonds. The molecule has 0 saturated heterocycles. The molecule has 2 aliphatic rings. The molecular formula is C34H33N3O6S. The predicted molar refractivity (Wildman–Crippen MR) is 169 cm³/mol. The summed E-state index contributed by atoms with van der Waals surface area (Å²) in [4.78, 5) is 27.9. The predicted octanol–water partition coefficient (Wildman–Crippen LogP) is 5.37. The molecule has 0 unspecified atom stereocenters. The number of ether oxygens (including phenoxy) is 2. The first kappa shape index (κ1) is 29.3. The van der Waals surface area contributed by atoms with Crippen LogP contribution in [0.5, 0.6) is 11.5 Å². The number of rotatable bonds is 8. The fraction of sp³-hybridized carbons (Fsp3) is 0.235. The molecule has 4 aromatic carbocycles. The third-order valence-electron chi connectivity index (χ3n) is 8.01. The van der Waals surface area contributed by atoms with E-state index in [9.17, 15) is 18.0 Å². The first-order chi connectivity index (χ1) is 21.2. The number of nitrogens with one attached hydrogen (secondary N) is 1. The van der Waals surface area contributed by atoms with Crippen molar-refractivity contribution in [1.29, 1.82) is 0 Å². The average Bonchev–Trinajstić information content (AvgIpc) is 3.46. The Balaban J connectivity index is 1.10. The van der Waals surface area contributed by atoms with Crippen LogP contribution in [-0.2, 0) is 27.7 Å². The molecule has 0 aromatic heterocycles.